The topological polar surface area (TPSA) is 32.3 Å². The Labute approximate surface area is 191 Å². The normalized spacial score (nSPS) is 14.7. The number of halogens is 1. The first-order valence-corrected chi connectivity index (χ1v) is 11.5. The lowest BCUT2D eigenvalue weighted by molar-refractivity contribution is 0.460. The summed E-state index contributed by atoms with van der Waals surface area (Å²) in [5, 5.41) is 19.4. The fraction of sp³-hybridized carbons (Fsp3) is 0.143. The zero-order chi connectivity index (χ0) is 21.2. The molecule has 4 aromatic rings. The van der Waals surface area contributed by atoms with E-state index < -0.39 is 0 Å². The molecule has 1 atom stereocenters. The molecule has 0 saturated heterocycles. The lowest BCUT2D eigenvalue weighted by Crippen LogP contribution is -2.25. The van der Waals surface area contributed by atoms with Crippen molar-refractivity contribution in [3.63, 3.8) is 0 Å². The summed E-state index contributed by atoms with van der Waals surface area (Å²) in [6.45, 7) is 0.782. The number of hydrogen-bond donors (Lipinski definition) is 2. The van der Waals surface area contributed by atoms with Gasteiger partial charge in [-0.3, -0.25) is 0 Å². The molecule has 0 fully saturated rings. The Morgan fingerprint density at radius 3 is 2.65 bits per heavy atom. The molecule has 0 radical (unpaired) electrons. The second kappa shape index (κ2) is 8.70. The van der Waals surface area contributed by atoms with Crippen LogP contribution >= 0.6 is 15.9 Å². The summed E-state index contributed by atoms with van der Waals surface area (Å²) in [6.07, 6.45) is 8.71. The van der Waals surface area contributed by atoms with Gasteiger partial charge in [-0.25, -0.2) is 0 Å². The summed E-state index contributed by atoms with van der Waals surface area (Å²) in [5.74, 6) is 0.317. The minimum Gasteiger partial charge on any atom is -0.508 e. The van der Waals surface area contributed by atoms with E-state index in [2.05, 4.69) is 94.1 Å². The third-order valence-electron chi connectivity index (χ3n) is 6.06. The number of rotatable bonds is 5. The van der Waals surface area contributed by atoms with Crippen molar-refractivity contribution in [1.29, 1.82) is 0 Å². The molecule has 0 aliphatic heterocycles. The number of aromatic hydroxyl groups is 1. The first kappa shape index (κ1) is 20.0. The number of hydrogen-bond acceptors (Lipinski definition) is 2. The van der Waals surface area contributed by atoms with Crippen molar-refractivity contribution in [3.05, 3.63) is 112 Å². The van der Waals surface area contributed by atoms with E-state index in [1.54, 1.807) is 0 Å². The summed E-state index contributed by atoms with van der Waals surface area (Å²) >= 11 is 3.58. The number of nitrogens with one attached hydrogen (secondary N) is 1. The van der Waals surface area contributed by atoms with Crippen LogP contribution in [0.15, 0.2) is 101 Å². The zero-order valence-electron chi connectivity index (χ0n) is 17.2. The Balaban J connectivity index is 1.69. The van der Waals surface area contributed by atoms with Gasteiger partial charge < -0.3 is 10.4 Å². The Hall–Kier alpha value is -2.88. The third kappa shape index (κ3) is 4.04. The highest BCUT2D eigenvalue weighted by Crippen LogP contribution is 2.39. The minimum atomic E-state index is -0.136. The molecular formula is C28H24BrNO. The molecule has 4 aromatic carbocycles. The van der Waals surface area contributed by atoms with Crippen LogP contribution in [0.1, 0.15) is 30.0 Å². The molecule has 0 amide bonds. The van der Waals surface area contributed by atoms with Gasteiger partial charge in [0.25, 0.3) is 0 Å². The molecule has 0 bridgehead atoms. The van der Waals surface area contributed by atoms with E-state index in [-0.39, 0.29) is 6.04 Å². The molecule has 1 aliphatic rings. The van der Waals surface area contributed by atoms with Crippen LogP contribution in [0.2, 0.25) is 0 Å². The number of phenols is 1. The Morgan fingerprint density at radius 2 is 1.77 bits per heavy atom. The molecule has 31 heavy (non-hydrogen) atoms. The largest absolute Gasteiger partial charge is 0.508 e. The maximum Gasteiger partial charge on any atom is 0.121 e. The highest BCUT2D eigenvalue weighted by Gasteiger charge is 2.22. The fourth-order valence-electron chi connectivity index (χ4n) is 4.52. The monoisotopic (exact) mass is 469 g/mol. The molecule has 0 saturated carbocycles. The summed E-state index contributed by atoms with van der Waals surface area (Å²) in [7, 11) is 0. The molecule has 1 aliphatic carbocycles. The summed E-state index contributed by atoms with van der Waals surface area (Å²) in [5.41, 5.74) is 3.49. The van der Waals surface area contributed by atoms with E-state index in [0.717, 1.165) is 40.2 Å². The molecular weight excluding hydrogens is 446 g/mol. The molecule has 0 aromatic heterocycles. The predicted octanol–water partition coefficient (Wildman–Crippen LogP) is 7.42. The van der Waals surface area contributed by atoms with Gasteiger partial charge in [0.1, 0.15) is 5.75 Å². The molecule has 0 spiro atoms. The van der Waals surface area contributed by atoms with E-state index >= 15 is 0 Å². The molecule has 0 heterocycles. The van der Waals surface area contributed by atoms with Crippen molar-refractivity contribution in [3.8, 4) is 5.75 Å². The number of benzene rings is 4. The van der Waals surface area contributed by atoms with Gasteiger partial charge in [0.2, 0.25) is 0 Å². The Morgan fingerprint density at radius 1 is 0.903 bits per heavy atom. The van der Waals surface area contributed by atoms with Crippen molar-refractivity contribution < 1.29 is 5.11 Å². The number of allylic oxidation sites excluding steroid dienone is 3. The van der Waals surface area contributed by atoms with Crippen molar-refractivity contribution in [2.45, 2.75) is 18.9 Å². The third-order valence-corrected chi connectivity index (χ3v) is 6.55. The molecule has 1 unspecified atom stereocenters. The quantitative estimate of drug-likeness (QED) is 0.318. The van der Waals surface area contributed by atoms with Gasteiger partial charge in [0, 0.05) is 16.6 Å². The van der Waals surface area contributed by atoms with Crippen LogP contribution in [-0.2, 0) is 0 Å². The highest BCUT2D eigenvalue weighted by molar-refractivity contribution is 9.10. The van der Waals surface area contributed by atoms with Crippen molar-refractivity contribution in [2.24, 2.45) is 0 Å². The van der Waals surface area contributed by atoms with Crippen LogP contribution in [0.25, 0.3) is 21.5 Å². The highest BCUT2D eigenvalue weighted by atomic mass is 79.9. The first-order chi connectivity index (χ1) is 15.2. The van der Waals surface area contributed by atoms with E-state index in [1.165, 1.54) is 21.9 Å². The van der Waals surface area contributed by atoms with E-state index in [0.29, 0.717) is 5.75 Å². The van der Waals surface area contributed by atoms with Crippen LogP contribution in [0, 0.1) is 0 Å². The molecule has 3 heteroatoms. The van der Waals surface area contributed by atoms with Crippen molar-refractivity contribution in [2.75, 3.05) is 6.54 Å². The lowest BCUT2D eigenvalue weighted by atomic mass is 9.89. The van der Waals surface area contributed by atoms with Crippen LogP contribution in [-0.4, -0.2) is 11.7 Å². The van der Waals surface area contributed by atoms with E-state index in [4.69, 9.17) is 0 Å². The maximum absolute atomic E-state index is 11.0. The van der Waals surface area contributed by atoms with Gasteiger partial charge >= 0.3 is 0 Å². The first-order valence-electron chi connectivity index (χ1n) is 10.7. The van der Waals surface area contributed by atoms with Gasteiger partial charge in [-0.1, -0.05) is 94.3 Å². The van der Waals surface area contributed by atoms with Crippen LogP contribution < -0.4 is 5.32 Å². The average Bonchev–Trinajstić information content (AvgIpc) is 2.81. The smallest absolute Gasteiger partial charge is 0.121 e. The minimum absolute atomic E-state index is 0.136. The second-order valence-corrected chi connectivity index (χ2v) is 8.95. The van der Waals surface area contributed by atoms with Gasteiger partial charge in [0.05, 0.1) is 6.04 Å². The van der Waals surface area contributed by atoms with Crippen molar-refractivity contribution >= 4 is 37.5 Å². The SMILES string of the molecule is Oc1ccc2cc(Br)ccc2c1C(NCC1=CC=CCC1)c1cccc2ccccc12. The summed E-state index contributed by atoms with van der Waals surface area (Å²) in [4.78, 5) is 0. The van der Waals surface area contributed by atoms with Crippen molar-refractivity contribution in [1.82, 2.24) is 5.32 Å². The number of fused-ring (bicyclic) bond motifs is 2. The van der Waals surface area contributed by atoms with E-state index in [9.17, 15) is 5.11 Å². The average molecular weight is 470 g/mol. The predicted molar refractivity (Wildman–Crippen MR) is 134 cm³/mol. The van der Waals surface area contributed by atoms with Crippen LogP contribution in [0.5, 0.6) is 5.75 Å². The second-order valence-electron chi connectivity index (χ2n) is 8.04. The zero-order valence-corrected chi connectivity index (χ0v) is 18.8. The standard InChI is InChI=1S/C28H24BrNO/c29-22-14-15-24-21(17-22)13-16-26(31)27(24)28(30-18-19-7-2-1-3-8-19)25-12-6-10-20-9-4-5-11-23(20)25/h1-2,4-7,9-17,28,30-31H,3,8,18H2. The molecule has 2 nitrogen and oxygen atoms in total. The van der Waals surface area contributed by atoms with E-state index in [1.807, 2.05) is 18.2 Å². The summed E-state index contributed by atoms with van der Waals surface area (Å²) < 4.78 is 1.03. The van der Waals surface area contributed by atoms with Crippen LogP contribution in [0.3, 0.4) is 0 Å². The Bertz CT molecular complexity index is 1320. The fourth-order valence-corrected chi connectivity index (χ4v) is 4.90. The van der Waals surface area contributed by atoms with Gasteiger partial charge in [-0.05, 0) is 58.1 Å². The Kier molecular flexibility index (Phi) is 5.63. The van der Waals surface area contributed by atoms with Gasteiger partial charge in [0.15, 0.2) is 0 Å². The molecule has 154 valence electrons. The summed E-state index contributed by atoms with van der Waals surface area (Å²) in [6, 6.07) is 24.8. The lowest BCUT2D eigenvalue weighted by Gasteiger charge is -2.25. The molecule has 5 rings (SSSR count). The van der Waals surface area contributed by atoms with Gasteiger partial charge in [-0.15, -0.1) is 0 Å². The number of phenolic OH excluding ortho intramolecular Hbond substituents is 1. The van der Waals surface area contributed by atoms with Gasteiger partial charge in [-0.2, -0.15) is 0 Å². The van der Waals surface area contributed by atoms with Crippen LogP contribution in [0.4, 0.5) is 0 Å². The maximum atomic E-state index is 11.0. The molecule has 2 N–H and O–H groups in total.